The lowest BCUT2D eigenvalue weighted by atomic mass is 9.79. The van der Waals surface area contributed by atoms with Crippen molar-refractivity contribution in [3.8, 4) is 0 Å². The molecule has 1 aliphatic carbocycles. The number of carboxylic acid groups (broad SMARTS) is 2. The van der Waals surface area contributed by atoms with Crippen LogP contribution in [0.25, 0.3) is 0 Å². The minimum atomic E-state index is -1.41. The van der Waals surface area contributed by atoms with Crippen molar-refractivity contribution in [2.75, 3.05) is 0 Å². The first kappa shape index (κ1) is 13.3. The Labute approximate surface area is 98.2 Å². The maximum absolute atomic E-state index is 11.5. The van der Waals surface area contributed by atoms with Crippen LogP contribution in [0.4, 0.5) is 4.79 Å². The van der Waals surface area contributed by atoms with Crippen molar-refractivity contribution in [2.24, 2.45) is 0 Å². The molecule has 0 radical (unpaired) electrons. The second-order valence-corrected chi connectivity index (χ2v) is 4.50. The van der Waals surface area contributed by atoms with Crippen LogP contribution in [-0.4, -0.2) is 39.8 Å². The monoisotopic (exact) mass is 244 g/mol. The highest BCUT2D eigenvalue weighted by Gasteiger charge is 2.34. The third kappa shape index (κ3) is 3.93. The molecule has 96 valence electrons. The van der Waals surface area contributed by atoms with E-state index in [1.54, 1.807) is 0 Å². The van der Waals surface area contributed by atoms with Crippen molar-refractivity contribution in [2.45, 2.75) is 44.2 Å². The maximum atomic E-state index is 11.5. The van der Waals surface area contributed by atoms with Gasteiger partial charge in [0.15, 0.2) is 0 Å². The molecule has 7 nitrogen and oxygen atoms in total. The van der Waals surface area contributed by atoms with Crippen LogP contribution in [0, 0.1) is 0 Å². The highest BCUT2D eigenvalue weighted by Crippen LogP contribution is 2.30. The van der Waals surface area contributed by atoms with Crippen LogP contribution in [0.1, 0.15) is 32.6 Å². The van der Waals surface area contributed by atoms with Gasteiger partial charge in [0.2, 0.25) is 0 Å². The third-order valence-corrected chi connectivity index (χ3v) is 2.85. The smallest absolute Gasteiger partial charge is 0.326 e. The molecule has 0 unspecified atom stereocenters. The van der Waals surface area contributed by atoms with Gasteiger partial charge in [-0.1, -0.05) is 0 Å². The summed E-state index contributed by atoms with van der Waals surface area (Å²) in [7, 11) is 0. The van der Waals surface area contributed by atoms with Gasteiger partial charge in [0, 0.05) is 5.54 Å². The van der Waals surface area contributed by atoms with Crippen molar-refractivity contribution in [1.82, 2.24) is 10.6 Å². The number of hydrogen-bond acceptors (Lipinski definition) is 3. The molecule has 7 heteroatoms. The SMILES string of the molecule is CC1(NC(=O)N[C@H](CC(=O)O)C(=O)O)CCC1. The molecular weight excluding hydrogens is 228 g/mol. The fourth-order valence-corrected chi connectivity index (χ4v) is 1.68. The zero-order valence-electron chi connectivity index (χ0n) is 9.52. The van der Waals surface area contributed by atoms with Crippen LogP contribution in [0.2, 0.25) is 0 Å². The van der Waals surface area contributed by atoms with Gasteiger partial charge >= 0.3 is 18.0 Å². The van der Waals surface area contributed by atoms with E-state index < -0.39 is 30.4 Å². The predicted molar refractivity (Wildman–Crippen MR) is 57.6 cm³/mol. The molecule has 2 amide bonds. The van der Waals surface area contributed by atoms with Crippen molar-refractivity contribution < 1.29 is 24.6 Å². The minimum absolute atomic E-state index is 0.295. The molecule has 1 atom stereocenters. The average molecular weight is 244 g/mol. The van der Waals surface area contributed by atoms with Crippen LogP contribution in [-0.2, 0) is 9.59 Å². The number of rotatable bonds is 5. The summed E-state index contributed by atoms with van der Waals surface area (Å²) in [5, 5.41) is 22.0. The minimum Gasteiger partial charge on any atom is -0.481 e. The maximum Gasteiger partial charge on any atom is 0.326 e. The number of hydrogen-bond donors (Lipinski definition) is 4. The number of carbonyl (C=O) groups excluding carboxylic acids is 1. The molecule has 1 saturated carbocycles. The van der Waals surface area contributed by atoms with E-state index in [1.807, 2.05) is 6.92 Å². The molecule has 1 fully saturated rings. The topological polar surface area (TPSA) is 116 Å². The van der Waals surface area contributed by atoms with Crippen LogP contribution < -0.4 is 10.6 Å². The Morgan fingerprint density at radius 2 is 1.88 bits per heavy atom. The summed E-state index contributed by atoms with van der Waals surface area (Å²) in [5.41, 5.74) is -0.295. The Morgan fingerprint density at radius 3 is 2.24 bits per heavy atom. The second kappa shape index (κ2) is 5.03. The molecule has 4 N–H and O–H groups in total. The zero-order chi connectivity index (χ0) is 13.1. The van der Waals surface area contributed by atoms with Crippen molar-refractivity contribution in [3.05, 3.63) is 0 Å². The third-order valence-electron chi connectivity index (χ3n) is 2.85. The molecule has 0 saturated heterocycles. The van der Waals surface area contributed by atoms with E-state index in [4.69, 9.17) is 10.2 Å². The first-order valence-corrected chi connectivity index (χ1v) is 5.36. The summed E-state index contributed by atoms with van der Waals surface area (Å²) in [6.45, 7) is 1.86. The lowest BCUT2D eigenvalue weighted by molar-refractivity contribution is -0.145. The van der Waals surface area contributed by atoms with Gasteiger partial charge in [-0.15, -0.1) is 0 Å². The van der Waals surface area contributed by atoms with Crippen molar-refractivity contribution >= 4 is 18.0 Å². The summed E-state index contributed by atoms with van der Waals surface area (Å²) < 4.78 is 0. The average Bonchev–Trinajstić information content (AvgIpc) is 2.13. The normalized spacial score (nSPS) is 18.6. The van der Waals surface area contributed by atoms with Gasteiger partial charge in [-0.2, -0.15) is 0 Å². The van der Waals surface area contributed by atoms with Crippen LogP contribution in [0.15, 0.2) is 0 Å². The summed E-state index contributed by atoms with van der Waals surface area (Å²) in [4.78, 5) is 32.6. The molecule has 1 rings (SSSR count). The number of carbonyl (C=O) groups is 3. The second-order valence-electron chi connectivity index (χ2n) is 4.50. The predicted octanol–water partition coefficient (Wildman–Crippen LogP) is 0.156. The van der Waals surface area contributed by atoms with E-state index in [1.165, 1.54) is 0 Å². The van der Waals surface area contributed by atoms with Crippen LogP contribution in [0.5, 0.6) is 0 Å². The Hall–Kier alpha value is -1.79. The number of amides is 2. The van der Waals surface area contributed by atoms with Gasteiger partial charge in [-0.05, 0) is 26.2 Å². The number of urea groups is 1. The lowest BCUT2D eigenvalue weighted by Crippen LogP contribution is -2.57. The molecule has 17 heavy (non-hydrogen) atoms. The van der Waals surface area contributed by atoms with E-state index in [0.29, 0.717) is 0 Å². The number of aliphatic carboxylic acids is 2. The summed E-state index contributed by atoms with van der Waals surface area (Å²) in [6, 6.07) is -2.04. The van der Waals surface area contributed by atoms with Crippen LogP contribution in [0.3, 0.4) is 0 Å². The molecule has 0 aromatic rings. The summed E-state index contributed by atoms with van der Waals surface area (Å²) in [6.07, 6.45) is 2.07. The fraction of sp³-hybridized carbons (Fsp3) is 0.700. The van der Waals surface area contributed by atoms with Crippen molar-refractivity contribution in [1.29, 1.82) is 0 Å². The van der Waals surface area contributed by atoms with Gasteiger partial charge in [-0.3, -0.25) is 4.79 Å². The Balaban J connectivity index is 2.46. The molecule has 0 spiro atoms. The first-order chi connectivity index (χ1) is 7.82. The molecule has 0 aromatic heterocycles. The van der Waals surface area contributed by atoms with Crippen molar-refractivity contribution in [3.63, 3.8) is 0 Å². The van der Waals surface area contributed by atoms with Crippen LogP contribution >= 0.6 is 0 Å². The van der Waals surface area contributed by atoms with E-state index in [9.17, 15) is 14.4 Å². The van der Waals surface area contributed by atoms with E-state index in [-0.39, 0.29) is 5.54 Å². The van der Waals surface area contributed by atoms with E-state index in [0.717, 1.165) is 19.3 Å². The van der Waals surface area contributed by atoms with Gasteiger partial charge in [-0.25, -0.2) is 9.59 Å². The largest absolute Gasteiger partial charge is 0.481 e. The zero-order valence-corrected chi connectivity index (χ0v) is 9.52. The van der Waals surface area contributed by atoms with Gasteiger partial charge in [0.25, 0.3) is 0 Å². The lowest BCUT2D eigenvalue weighted by Gasteiger charge is -2.39. The standard InChI is InChI=1S/C10H16N2O5/c1-10(3-2-4-10)12-9(17)11-6(8(15)16)5-7(13)14/h6H,2-5H2,1H3,(H,13,14)(H,15,16)(H2,11,12,17)/t6-/m1/s1. The molecule has 0 aliphatic heterocycles. The Morgan fingerprint density at radius 1 is 1.29 bits per heavy atom. The molecule has 0 bridgehead atoms. The highest BCUT2D eigenvalue weighted by molar-refractivity contribution is 5.86. The summed E-state index contributed by atoms with van der Waals surface area (Å²) in [5.74, 6) is -2.63. The van der Waals surface area contributed by atoms with Gasteiger partial charge in [0.05, 0.1) is 6.42 Å². The summed E-state index contributed by atoms with van der Waals surface area (Å²) >= 11 is 0. The molecule has 1 aliphatic rings. The quantitative estimate of drug-likeness (QED) is 0.549. The fourth-order valence-electron chi connectivity index (χ4n) is 1.68. The van der Waals surface area contributed by atoms with Gasteiger partial charge < -0.3 is 20.8 Å². The van der Waals surface area contributed by atoms with E-state index in [2.05, 4.69) is 10.6 Å². The number of carboxylic acids is 2. The molecule has 0 aromatic carbocycles. The van der Waals surface area contributed by atoms with Gasteiger partial charge in [0.1, 0.15) is 6.04 Å². The number of nitrogens with one attached hydrogen (secondary N) is 2. The first-order valence-electron chi connectivity index (χ1n) is 5.36. The van der Waals surface area contributed by atoms with E-state index >= 15 is 0 Å². The molecule has 0 heterocycles. The molecular formula is C10H16N2O5. The highest BCUT2D eigenvalue weighted by atomic mass is 16.4. The Bertz CT molecular complexity index is 338. The Kier molecular flexibility index (Phi) is 3.93.